The summed E-state index contributed by atoms with van der Waals surface area (Å²) in [5.74, 6) is 0.932. The zero-order valence-corrected chi connectivity index (χ0v) is 13.5. The molecule has 0 bridgehead atoms. The molecule has 0 saturated heterocycles. The maximum atomic E-state index is 5.95. The molecule has 1 aromatic heterocycles. The van der Waals surface area contributed by atoms with Crippen molar-refractivity contribution >= 4 is 27.3 Å². The van der Waals surface area contributed by atoms with Crippen LogP contribution < -0.4 is 10.5 Å². The minimum Gasteiger partial charge on any atom is -0.486 e. The molecular weight excluding hydrogens is 324 g/mol. The van der Waals surface area contributed by atoms with Crippen LogP contribution in [0.1, 0.15) is 21.8 Å². The molecule has 0 atom stereocenters. The number of aromatic nitrogens is 1. The number of hydrogen-bond acceptors (Lipinski definition) is 4. The quantitative estimate of drug-likeness (QED) is 0.904. The first-order valence-corrected chi connectivity index (χ1v) is 7.80. The zero-order valence-electron chi connectivity index (χ0n) is 11.1. The number of hydrogen-bond donors (Lipinski definition) is 1. The van der Waals surface area contributed by atoms with Crippen molar-refractivity contribution in [1.29, 1.82) is 0 Å². The van der Waals surface area contributed by atoms with Gasteiger partial charge in [0.15, 0.2) is 0 Å². The van der Waals surface area contributed by atoms with E-state index in [4.69, 9.17) is 10.5 Å². The second-order valence-corrected chi connectivity index (χ2v) is 6.28. The molecule has 0 radical (unpaired) electrons. The number of nitrogens with two attached hydrogens (primary N) is 1. The fourth-order valence-corrected chi connectivity index (χ4v) is 3.25. The number of nitrogens with zero attached hydrogens (tertiary/aromatic N) is 1. The largest absolute Gasteiger partial charge is 0.486 e. The average molecular weight is 341 g/mol. The van der Waals surface area contributed by atoms with Crippen molar-refractivity contribution in [2.75, 3.05) is 6.54 Å². The van der Waals surface area contributed by atoms with Crippen molar-refractivity contribution in [3.8, 4) is 5.75 Å². The minimum absolute atomic E-state index is 0.512. The molecule has 5 heteroatoms. The van der Waals surface area contributed by atoms with Crippen molar-refractivity contribution in [2.24, 2.45) is 5.73 Å². The van der Waals surface area contributed by atoms with Gasteiger partial charge in [0.2, 0.25) is 0 Å². The van der Waals surface area contributed by atoms with E-state index in [1.54, 1.807) is 11.3 Å². The van der Waals surface area contributed by atoms with Gasteiger partial charge in [0.05, 0.1) is 0 Å². The first-order chi connectivity index (χ1) is 9.10. The zero-order chi connectivity index (χ0) is 13.8. The molecule has 3 nitrogen and oxygen atoms in total. The Morgan fingerprint density at radius 3 is 2.79 bits per heavy atom. The second-order valence-electron chi connectivity index (χ2n) is 4.42. The Balaban J connectivity index is 2.18. The maximum absolute atomic E-state index is 5.95. The molecule has 1 heterocycles. The Bertz CT molecular complexity index is 569. The Kier molecular flexibility index (Phi) is 4.96. The lowest BCUT2D eigenvalue weighted by atomic mass is 10.1. The summed E-state index contributed by atoms with van der Waals surface area (Å²) in [6.45, 7) is 5.17. The van der Waals surface area contributed by atoms with Gasteiger partial charge in [-0.25, -0.2) is 4.98 Å². The second kappa shape index (κ2) is 6.50. The highest BCUT2D eigenvalue weighted by Crippen LogP contribution is 2.29. The SMILES string of the molecule is Cc1csc(COc2c(C)cc(Br)cc2CCN)n1. The topological polar surface area (TPSA) is 48.1 Å². The summed E-state index contributed by atoms with van der Waals surface area (Å²) in [6.07, 6.45) is 0.812. The molecule has 0 fully saturated rings. The van der Waals surface area contributed by atoms with Crippen LogP contribution in [0.4, 0.5) is 0 Å². The van der Waals surface area contributed by atoms with Gasteiger partial charge in [-0.2, -0.15) is 0 Å². The number of rotatable bonds is 5. The van der Waals surface area contributed by atoms with E-state index in [9.17, 15) is 0 Å². The number of aryl methyl sites for hydroxylation is 2. The van der Waals surface area contributed by atoms with Crippen LogP contribution >= 0.6 is 27.3 Å². The smallest absolute Gasteiger partial charge is 0.140 e. The third kappa shape index (κ3) is 3.78. The van der Waals surface area contributed by atoms with Crippen molar-refractivity contribution in [2.45, 2.75) is 26.9 Å². The van der Waals surface area contributed by atoms with E-state index in [0.717, 1.165) is 38.5 Å². The highest BCUT2D eigenvalue weighted by molar-refractivity contribution is 9.10. The van der Waals surface area contributed by atoms with Gasteiger partial charge in [0.1, 0.15) is 17.4 Å². The first-order valence-electron chi connectivity index (χ1n) is 6.13. The van der Waals surface area contributed by atoms with E-state index in [1.807, 2.05) is 19.2 Å². The van der Waals surface area contributed by atoms with Crippen LogP contribution in [0.3, 0.4) is 0 Å². The summed E-state index contributed by atoms with van der Waals surface area (Å²) in [4.78, 5) is 4.41. The van der Waals surface area contributed by atoms with E-state index in [1.165, 1.54) is 0 Å². The van der Waals surface area contributed by atoms with E-state index in [2.05, 4.69) is 33.0 Å². The molecule has 0 aliphatic heterocycles. The van der Waals surface area contributed by atoms with E-state index >= 15 is 0 Å². The summed E-state index contributed by atoms with van der Waals surface area (Å²) in [7, 11) is 0. The molecule has 0 aliphatic rings. The number of thiazole rings is 1. The maximum Gasteiger partial charge on any atom is 0.140 e. The molecule has 0 saturated carbocycles. The Morgan fingerprint density at radius 2 is 2.16 bits per heavy atom. The Hall–Kier alpha value is -0.910. The van der Waals surface area contributed by atoms with Gasteiger partial charge in [-0.05, 0) is 50.1 Å². The third-order valence-corrected chi connectivity index (χ3v) is 4.13. The summed E-state index contributed by atoms with van der Waals surface area (Å²) >= 11 is 5.14. The predicted molar refractivity (Wildman–Crippen MR) is 82.8 cm³/mol. The molecule has 2 rings (SSSR count). The van der Waals surface area contributed by atoms with Gasteiger partial charge >= 0.3 is 0 Å². The van der Waals surface area contributed by atoms with Crippen LogP contribution in [0, 0.1) is 13.8 Å². The summed E-state index contributed by atoms with van der Waals surface area (Å²) in [6, 6.07) is 4.13. The van der Waals surface area contributed by atoms with Crippen LogP contribution in [0.5, 0.6) is 5.75 Å². The fourth-order valence-electron chi connectivity index (χ4n) is 1.95. The standard InChI is InChI=1S/C14H17BrN2OS/c1-9-5-12(15)6-11(3-4-16)14(9)18-7-13-17-10(2)8-19-13/h5-6,8H,3-4,7,16H2,1-2H3. The third-order valence-electron chi connectivity index (χ3n) is 2.74. The van der Waals surface area contributed by atoms with E-state index in [-0.39, 0.29) is 0 Å². The van der Waals surface area contributed by atoms with Crippen molar-refractivity contribution < 1.29 is 4.74 Å². The molecule has 19 heavy (non-hydrogen) atoms. The van der Waals surface area contributed by atoms with E-state index < -0.39 is 0 Å². The molecule has 1 aromatic carbocycles. The summed E-state index contributed by atoms with van der Waals surface area (Å²) in [5, 5.41) is 3.03. The molecule has 0 aliphatic carbocycles. The van der Waals surface area contributed by atoms with Crippen LogP contribution in [-0.4, -0.2) is 11.5 Å². The normalized spacial score (nSPS) is 10.7. The monoisotopic (exact) mass is 340 g/mol. The molecule has 102 valence electrons. The van der Waals surface area contributed by atoms with Gasteiger partial charge in [-0.15, -0.1) is 11.3 Å². The Morgan fingerprint density at radius 1 is 1.37 bits per heavy atom. The van der Waals surface area contributed by atoms with Crippen LogP contribution in [-0.2, 0) is 13.0 Å². The predicted octanol–water partition coefficient (Wildman–Crippen LogP) is 3.60. The highest BCUT2D eigenvalue weighted by Gasteiger charge is 2.10. The van der Waals surface area contributed by atoms with Crippen molar-refractivity contribution in [1.82, 2.24) is 4.98 Å². The van der Waals surface area contributed by atoms with Gasteiger partial charge in [-0.1, -0.05) is 15.9 Å². The molecule has 2 aromatic rings. The van der Waals surface area contributed by atoms with Crippen molar-refractivity contribution in [3.05, 3.63) is 43.8 Å². The lowest BCUT2D eigenvalue weighted by molar-refractivity contribution is 0.300. The summed E-state index contributed by atoms with van der Waals surface area (Å²) in [5.41, 5.74) is 8.96. The van der Waals surface area contributed by atoms with Gasteiger partial charge < -0.3 is 10.5 Å². The van der Waals surface area contributed by atoms with Crippen LogP contribution in [0.25, 0.3) is 0 Å². The molecule has 0 amide bonds. The first kappa shape index (κ1) is 14.5. The van der Waals surface area contributed by atoms with Gasteiger partial charge in [0, 0.05) is 15.5 Å². The molecular formula is C14H17BrN2OS. The number of halogens is 1. The molecule has 0 spiro atoms. The number of ether oxygens (including phenoxy) is 1. The lowest BCUT2D eigenvalue weighted by Crippen LogP contribution is -2.06. The highest BCUT2D eigenvalue weighted by atomic mass is 79.9. The van der Waals surface area contributed by atoms with Crippen LogP contribution in [0.2, 0.25) is 0 Å². The average Bonchev–Trinajstić information content (AvgIpc) is 2.74. The summed E-state index contributed by atoms with van der Waals surface area (Å²) < 4.78 is 7.01. The number of benzene rings is 1. The lowest BCUT2D eigenvalue weighted by Gasteiger charge is -2.13. The molecule has 0 unspecified atom stereocenters. The molecule has 2 N–H and O–H groups in total. The van der Waals surface area contributed by atoms with Crippen LogP contribution in [0.15, 0.2) is 22.0 Å². The minimum atomic E-state index is 0.512. The fraction of sp³-hybridized carbons (Fsp3) is 0.357. The van der Waals surface area contributed by atoms with Gasteiger partial charge in [0.25, 0.3) is 0 Å². The Labute approximate surface area is 125 Å². The van der Waals surface area contributed by atoms with Gasteiger partial charge in [-0.3, -0.25) is 0 Å². The van der Waals surface area contributed by atoms with Crippen molar-refractivity contribution in [3.63, 3.8) is 0 Å². The van der Waals surface area contributed by atoms with E-state index in [0.29, 0.717) is 13.2 Å².